The van der Waals surface area contributed by atoms with E-state index in [1.807, 2.05) is 5.38 Å². The second kappa shape index (κ2) is 4.63. The Hall–Kier alpha value is -1.39. The molecule has 0 aliphatic heterocycles. The minimum Gasteiger partial charge on any atom is -0.495 e. The average molecular weight is 238 g/mol. The molecule has 1 aromatic carbocycles. The van der Waals surface area contributed by atoms with E-state index in [-0.39, 0.29) is 5.82 Å². The molecule has 2 rings (SSSR count). The molecule has 0 aliphatic carbocycles. The zero-order chi connectivity index (χ0) is 11.5. The minimum absolute atomic E-state index is 0.311. The molecule has 0 saturated heterocycles. The average Bonchev–Trinajstić information content (AvgIpc) is 2.77. The summed E-state index contributed by atoms with van der Waals surface area (Å²) in [5.41, 5.74) is 0.655. The van der Waals surface area contributed by atoms with E-state index in [1.165, 1.54) is 23.5 Å². The molecular formula is C12H11FO2S. The van der Waals surface area contributed by atoms with Crippen molar-refractivity contribution in [3.8, 4) is 5.75 Å². The fourth-order valence-corrected chi connectivity index (χ4v) is 2.34. The number of hydrogen-bond donors (Lipinski definition) is 1. The number of thiophene rings is 1. The summed E-state index contributed by atoms with van der Waals surface area (Å²) in [5, 5.41) is 11.9. The molecule has 4 heteroatoms. The van der Waals surface area contributed by atoms with Crippen molar-refractivity contribution >= 4 is 11.3 Å². The fraction of sp³-hybridized carbons (Fsp3) is 0.167. The normalized spacial score (nSPS) is 12.4. The fourth-order valence-electron chi connectivity index (χ4n) is 1.47. The molecular weight excluding hydrogens is 227 g/mol. The standard InChI is InChI=1S/C12H11FO2S/c1-15-10-6-7-16-12(10)11(14)8-2-4-9(13)5-3-8/h2-7,11,14H,1H3. The van der Waals surface area contributed by atoms with Gasteiger partial charge in [-0.05, 0) is 29.1 Å². The van der Waals surface area contributed by atoms with Crippen LogP contribution < -0.4 is 4.74 Å². The summed E-state index contributed by atoms with van der Waals surface area (Å²) in [6.07, 6.45) is -0.768. The summed E-state index contributed by atoms with van der Waals surface area (Å²) in [7, 11) is 1.56. The Morgan fingerprint density at radius 3 is 2.56 bits per heavy atom. The molecule has 0 saturated carbocycles. The van der Waals surface area contributed by atoms with Gasteiger partial charge in [0.15, 0.2) is 0 Å². The van der Waals surface area contributed by atoms with E-state index in [1.54, 1.807) is 25.3 Å². The molecule has 0 bridgehead atoms. The topological polar surface area (TPSA) is 29.5 Å². The van der Waals surface area contributed by atoms with Crippen molar-refractivity contribution in [2.24, 2.45) is 0 Å². The van der Waals surface area contributed by atoms with Gasteiger partial charge in [-0.1, -0.05) is 12.1 Å². The molecule has 1 heterocycles. The second-order valence-corrected chi connectivity index (χ2v) is 4.26. The zero-order valence-corrected chi connectivity index (χ0v) is 9.50. The Bertz CT molecular complexity index is 464. The van der Waals surface area contributed by atoms with Crippen molar-refractivity contribution in [3.05, 3.63) is 52.0 Å². The SMILES string of the molecule is COc1ccsc1C(O)c1ccc(F)cc1. The number of rotatable bonds is 3. The number of aliphatic hydroxyl groups is 1. The van der Waals surface area contributed by atoms with E-state index in [2.05, 4.69) is 0 Å². The van der Waals surface area contributed by atoms with E-state index in [9.17, 15) is 9.50 Å². The largest absolute Gasteiger partial charge is 0.495 e. The molecule has 16 heavy (non-hydrogen) atoms. The van der Waals surface area contributed by atoms with Crippen LogP contribution in [-0.2, 0) is 0 Å². The first kappa shape index (κ1) is 11.1. The highest BCUT2D eigenvalue weighted by atomic mass is 32.1. The lowest BCUT2D eigenvalue weighted by Gasteiger charge is -2.10. The van der Waals surface area contributed by atoms with Gasteiger partial charge in [-0.2, -0.15) is 0 Å². The van der Waals surface area contributed by atoms with Crippen molar-refractivity contribution < 1.29 is 14.2 Å². The van der Waals surface area contributed by atoms with Crippen LogP contribution in [0.25, 0.3) is 0 Å². The van der Waals surface area contributed by atoms with Crippen LogP contribution in [-0.4, -0.2) is 12.2 Å². The molecule has 0 spiro atoms. The van der Waals surface area contributed by atoms with Crippen molar-refractivity contribution in [2.75, 3.05) is 7.11 Å². The molecule has 0 amide bonds. The lowest BCUT2D eigenvalue weighted by atomic mass is 10.1. The van der Waals surface area contributed by atoms with E-state index >= 15 is 0 Å². The Labute approximate surface area is 96.9 Å². The Balaban J connectivity index is 2.31. The predicted molar refractivity (Wildman–Crippen MR) is 61.3 cm³/mol. The van der Waals surface area contributed by atoms with Gasteiger partial charge in [-0.25, -0.2) is 4.39 Å². The molecule has 1 N–H and O–H groups in total. The maximum Gasteiger partial charge on any atom is 0.135 e. The molecule has 0 aliphatic rings. The van der Waals surface area contributed by atoms with E-state index in [0.29, 0.717) is 11.3 Å². The molecule has 1 unspecified atom stereocenters. The summed E-state index contributed by atoms with van der Waals surface area (Å²) < 4.78 is 17.9. The number of halogens is 1. The van der Waals surface area contributed by atoms with Crippen LogP contribution in [0.3, 0.4) is 0 Å². The zero-order valence-electron chi connectivity index (χ0n) is 8.68. The Morgan fingerprint density at radius 1 is 1.25 bits per heavy atom. The van der Waals surface area contributed by atoms with Gasteiger partial charge in [0.2, 0.25) is 0 Å². The van der Waals surface area contributed by atoms with E-state index in [4.69, 9.17) is 4.74 Å². The molecule has 0 fully saturated rings. The summed E-state index contributed by atoms with van der Waals surface area (Å²) in [6.45, 7) is 0. The molecule has 84 valence electrons. The van der Waals surface area contributed by atoms with Gasteiger partial charge in [0, 0.05) is 0 Å². The summed E-state index contributed by atoms with van der Waals surface area (Å²) in [5.74, 6) is 0.343. The van der Waals surface area contributed by atoms with Crippen LogP contribution in [0, 0.1) is 5.82 Å². The second-order valence-electron chi connectivity index (χ2n) is 3.31. The van der Waals surface area contributed by atoms with Crippen molar-refractivity contribution in [1.29, 1.82) is 0 Å². The highest BCUT2D eigenvalue weighted by Crippen LogP contribution is 2.34. The van der Waals surface area contributed by atoms with Crippen molar-refractivity contribution in [2.45, 2.75) is 6.10 Å². The highest BCUT2D eigenvalue weighted by molar-refractivity contribution is 7.10. The molecule has 2 nitrogen and oxygen atoms in total. The Morgan fingerprint density at radius 2 is 1.94 bits per heavy atom. The monoisotopic (exact) mass is 238 g/mol. The van der Waals surface area contributed by atoms with Gasteiger partial charge in [0.25, 0.3) is 0 Å². The van der Waals surface area contributed by atoms with Gasteiger partial charge in [-0.3, -0.25) is 0 Å². The minimum atomic E-state index is -0.768. The van der Waals surface area contributed by atoms with E-state index in [0.717, 1.165) is 4.88 Å². The van der Waals surface area contributed by atoms with Crippen LogP contribution in [0.2, 0.25) is 0 Å². The maximum absolute atomic E-state index is 12.7. The van der Waals surface area contributed by atoms with Crippen molar-refractivity contribution in [1.82, 2.24) is 0 Å². The first-order valence-corrected chi connectivity index (χ1v) is 5.65. The Kier molecular flexibility index (Phi) is 3.22. The van der Waals surface area contributed by atoms with E-state index < -0.39 is 6.10 Å². The van der Waals surface area contributed by atoms with Gasteiger partial charge in [-0.15, -0.1) is 11.3 Å². The molecule has 2 aromatic rings. The number of aliphatic hydroxyl groups excluding tert-OH is 1. The molecule has 1 atom stereocenters. The highest BCUT2D eigenvalue weighted by Gasteiger charge is 2.16. The lowest BCUT2D eigenvalue weighted by Crippen LogP contribution is -1.99. The smallest absolute Gasteiger partial charge is 0.135 e. The van der Waals surface area contributed by atoms with Gasteiger partial charge in [0.05, 0.1) is 12.0 Å². The van der Waals surface area contributed by atoms with Crippen molar-refractivity contribution in [3.63, 3.8) is 0 Å². The lowest BCUT2D eigenvalue weighted by molar-refractivity contribution is 0.219. The summed E-state index contributed by atoms with van der Waals surface area (Å²) in [4.78, 5) is 0.731. The number of hydrogen-bond acceptors (Lipinski definition) is 3. The number of benzene rings is 1. The van der Waals surface area contributed by atoms with Crippen LogP contribution in [0.1, 0.15) is 16.5 Å². The molecule has 1 aromatic heterocycles. The third-order valence-electron chi connectivity index (χ3n) is 2.31. The maximum atomic E-state index is 12.7. The molecule has 0 radical (unpaired) electrons. The number of ether oxygens (including phenoxy) is 1. The third kappa shape index (κ3) is 2.08. The third-order valence-corrected chi connectivity index (χ3v) is 3.26. The van der Waals surface area contributed by atoms with Crippen LogP contribution in [0.15, 0.2) is 35.7 Å². The first-order valence-electron chi connectivity index (χ1n) is 4.77. The predicted octanol–water partition coefficient (Wildman–Crippen LogP) is 2.98. The quantitative estimate of drug-likeness (QED) is 0.890. The first-order chi connectivity index (χ1) is 7.72. The van der Waals surface area contributed by atoms with Gasteiger partial charge < -0.3 is 9.84 Å². The van der Waals surface area contributed by atoms with Crippen LogP contribution in [0.4, 0.5) is 4.39 Å². The van der Waals surface area contributed by atoms with Crippen LogP contribution in [0.5, 0.6) is 5.75 Å². The van der Waals surface area contributed by atoms with Gasteiger partial charge in [0.1, 0.15) is 17.7 Å². The van der Waals surface area contributed by atoms with Crippen LogP contribution >= 0.6 is 11.3 Å². The summed E-state index contributed by atoms with van der Waals surface area (Å²) in [6, 6.07) is 7.60. The number of methoxy groups -OCH3 is 1. The summed E-state index contributed by atoms with van der Waals surface area (Å²) >= 11 is 1.41. The van der Waals surface area contributed by atoms with Gasteiger partial charge >= 0.3 is 0 Å².